The second-order valence-corrected chi connectivity index (χ2v) is 7.52. The lowest BCUT2D eigenvalue weighted by molar-refractivity contribution is -0.121. The van der Waals surface area contributed by atoms with E-state index in [1.807, 2.05) is 0 Å². The van der Waals surface area contributed by atoms with Gasteiger partial charge in [-0.3, -0.25) is 10.1 Å². The van der Waals surface area contributed by atoms with Crippen molar-refractivity contribution in [3.63, 3.8) is 0 Å². The number of carbonyl (C=O) groups is 2. The van der Waals surface area contributed by atoms with Crippen LogP contribution in [0.2, 0.25) is 0 Å². The molecule has 144 valence electrons. The van der Waals surface area contributed by atoms with Crippen LogP contribution in [0.25, 0.3) is 0 Å². The highest BCUT2D eigenvalue weighted by Crippen LogP contribution is 2.19. The van der Waals surface area contributed by atoms with Crippen molar-refractivity contribution in [1.29, 1.82) is 0 Å². The van der Waals surface area contributed by atoms with Gasteiger partial charge in [-0.1, -0.05) is 25.7 Å². The van der Waals surface area contributed by atoms with E-state index in [9.17, 15) is 14.0 Å². The Morgan fingerprint density at radius 2 is 1.78 bits per heavy atom. The molecule has 1 saturated carbocycles. The number of aromatic nitrogens is 1. The summed E-state index contributed by atoms with van der Waals surface area (Å²) in [5, 5.41) is 10.5. The first kappa shape index (κ1) is 19.3. The minimum atomic E-state index is -0.467. The molecule has 3 amide bonds. The number of carbonyl (C=O) groups excluding carboxylic acids is 2. The molecule has 8 heteroatoms. The molecule has 1 fully saturated rings. The quantitative estimate of drug-likeness (QED) is 0.665. The molecular formula is C19H23FN4O2S. The molecular weight excluding hydrogens is 367 g/mol. The van der Waals surface area contributed by atoms with Crippen molar-refractivity contribution in [1.82, 2.24) is 10.3 Å². The lowest BCUT2D eigenvalue weighted by Gasteiger charge is -2.15. The van der Waals surface area contributed by atoms with Crippen molar-refractivity contribution < 1.29 is 14.0 Å². The number of amides is 3. The van der Waals surface area contributed by atoms with Gasteiger partial charge in [0.15, 0.2) is 5.13 Å². The van der Waals surface area contributed by atoms with E-state index in [1.54, 1.807) is 5.38 Å². The van der Waals surface area contributed by atoms with E-state index >= 15 is 0 Å². The van der Waals surface area contributed by atoms with Gasteiger partial charge in [0, 0.05) is 17.1 Å². The number of anilines is 2. The van der Waals surface area contributed by atoms with Gasteiger partial charge in [0.1, 0.15) is 5.82 Å². The smallest absolute Gasteiger partial charge is 0.325 e. The first-order chi connectivity index (χ1) is 13.1. The fourth-order valence-electron chi connectivity index (χ4n) is 3.11. The Morgan fingerprint density at radius 1 is 1.07 bits per heavy atom. The summed E-state index contributed by atoms with van der Waals surface area (Å²) >= 11 is 1.26. The average Bonchev–Trinajstić information content (AvgIpc) is 2.89. The molecule has 27 heavy (non-hydrogen) atoms. The lowest BCUT2D eigenvalue weighted by atomic mass is 10.1. The van der Waals surface area contributed by atoms with Gasteiger partial charge < -0.3 is 10.6 Å². The predicted octanol–water partition coefficient (Wildman–Crippen LogP) is 4.31. The summed E-state index contributed by atoms with van der Waals surface area (Å²) in [6, 6.07) is 5.27. The maximum atomic E-state index is 12.9. The molecule has 6 nitrogen and oxygen atoms in total. The van der Waals surface area contributed by atoms with Gasteiger partial charge in [-0.05, 0) is 37.1 Å². The van der Waals surface area contributed by atoms with Crippen LogP contribution >= 0.6 is 11.3 Å². The summed E-state index contributed by atoms with van der Waals surface area (Å²) < 4.78 is 12.9. The summed E-state index contributed by atoms with van der Waals surface area (Å²) in [5.41, 5.74) is 1.11. The number of nitrogens with one attached hydrogen (secondary N) is 3. The SMILES string of the molecule is O=C(Cc1csc(NC(=O)Nc2ccc(F)cc2)n1)NC1CCCCCC1. The number of halogens is 1. The molecule has 0 saturated heterocycles. The topological polar surface area (TPSA) is 83.1 Å². The average molecular weight is 390 g/mol. The zero-order valence-electron chi connectivity index (χ0n) is 15.0. The minimum Gasteiger partial charge on any atom is -0.353 e. The second-order valence-electron chi connectivity index (χ2n) is 6.66. The van der Waals surface area contributed by atoms with Crippen LogP contribution in [0, 0.1) is 5.82 Å². The summed E-state index contributed by atoms with van der Waals surface area (Å²) in [5.74, 6) is -0.401. The second kappa shape index (κ2) is 9.45. The van der Waals surface area contributed by atoms with Crippen molar-refractivity contribution in [3.05, 3.63) is 41.2 Å². The van der Waals surface area contributed by atoms with Gasteiger partial charge in [-0.25, -0.2) is 14.2 Å². The molecule has 3 N–H and O–H groups in total. The highest BCUT2D eigenvalue weighted by atomic mass is 32.1. The first-order valence-electron chi connectivity index (χ1n) is 9.16. The van der Waals surface area contributed by atoms with Gasteiger partial charge in [0.2, 0.25) is 5.91 Å². The molecule has 0 radical (unpaired) electrons. The maximum absolute atomic E-state index is 12.9. The highest BCUT2D eigenvalue weighted by Gasteiger charge is 2.16. The first-order valence-corrected chi connectivity index (χ1v) is 10.0. The van der Waals surface area contributed by atoms with Gasteiger partial charge >= 0.3 is 6.03 Å². The number of hydrogen-bond donors (Lipinski definition) is 3. The van der Waals surface area contributed by atoms with Gasteiger partial charge in [0.25, 0.3) is 0 Å². The van der Waals surface area contributed by atoms with E-state index in [0.717, 1.165) is 12.8 Å². The van der Waals surface area contributed by atoms with E-state index in [4.69, 9.17) is 0 Å². The molecule has 3 rings (SSSR count). The fourth-order valence-corrected chi connectivity index (χ4v) is 3.81. The number of hydrogen-bond acceptors (Lipinski definition) is 4. The molecule has 0 bridgehead atoms. The minimum absolute atomic E-state index is 0.0329. The Hall–Kier alpha value is -2.48. The summed E-state index contributed by atoms with van der Waals surface area (Å²) in [4.78, 5) is 28.5. The zero-order chi connectivity index (χ0) is 19.1. The van der Waals surface area contributed by atoms with E-state index in [-0.39, 0.29) is 24.2 Å². The van der Waals surface area contributed by atoms with Crippen molar-refractivity contribution in [2.75, 3.05) is 10.6 Å². The van der Waals surface area contributed by atoms with Crippen LogP contribution in [0.4, 0.5) is 20.0 Å². The van der Waals surface area contributed by atoms with Crippen LogP contribution in [0.5, 0.6) is 0 Å². The largest absolute Gasteiger partial charge is 0.353 e. The number of nitrogens with zero attached hydrogens (tertiary/aromatic N) is 1. The van der Waals surface area contributed by atoms with Gasteiger partial charge in [-0.2, -0.15) is 0 Å². The molecule has 0 atom stereocenters. The number of thiazole rings is 1. The summed E-state index contributed by atoms with van der Waals surface area (Å²) in [6.45, 7) is 0. The van der Waals surface area contributed by atoms with Crippen molar-refractivity contribution in [2.24, 2.45) is 0 Å². The number of benzene rings is 1. The molecule has 0 unspecified atom stereocenters. The molecule has 1 aromatic carbocycles. The lowest BCUT2D eigenvalue weighted by Crippen LogP contribution is -2.35. The number of rotatable bonds is 5. The highest BCUT2D eigenvalue weighted by molar-refractivity contribution is 7.14. The Kier molecular flexibility index (Phi) is 6.75. The van der Waals surface area contributed by atoms with E-state index in [1.165, 1.54) is 61.3 Å². The van der Waals surface area contributed by atoms with Gasteiger partial charge in [0.05, 0.1) is 12.1 Å². The molecule has 1 aliphatic rings. The third-order valence-electron chi connectivity index (χ3n) is 4.44. The number of urea groups is 1. The molecule has 1 aliphatic carbocycles. The maximum Gasteiger partial charge on any atom is 0.325 e. The van der Waals surface area contributed by atoms with Crippen LogP contribution in [0.15, 0.2) is 29.6 Å². The van der Waals surface area contributed by atoms with Crippen LogP contribution in [-0.4, -0.2) is 23.0 Å². The van der Waals surface area contributed by atoms with E-state index in [2.05, 4.69) is 20.9 Å². The fraction of sp³-hybridized carbons (Fsp3) is 0.421. The third-order valence-corrected chi connectivity index (χ3v) is 5.24. The van der Waals surface area contributed by atoms with Crippen molar-refractivity contribution in [3.8, 4) is 0 Å². The third kappa shape index (κ3) is 6.32. The normalized spacial score (nSPS) is 15.0. The van der Waals surface area contributed by atoms with Crippen LogP contribution < -0.4 is 16.0 Å². The Morgan fingerprint density at radius 3 is 2.48 bits per heavy atom. The van der Waals surface area contributed by atoms with Crippen LogP contribution in [0.3, 0.4) is 0 Å². The molecule has 1 aromatic heterocycles. The summed E-state index contributed by atoms with van der Waals surface area (Å²) in [7, 11) is 0. The van der Waals surface area contributed by atoms with Crippen molar-refractivity contribution >= 4 is 34.1 Å². The predicted molar refractivity (Wildman–Crippen MR) is 104 cm³/mol. The van der Waals surface area contributed by atoms with Crippen LogP contribution in [0.1, 0.15) is 44.2 Å². The summed E-state index contributed by atoms with van der Waals surface area (Å²) in [6.07, 6.45) is 7.10. The standard InChI is InChI=1S/C19H23FN4O2S/c20-13-7-9-15(10-8-13)22-18(26)24-19-23-16(12-27-19)11-17(25)21-14-5-3-1-2-4-6-14/h7-10,12,14H,1-6,11H2,(H,21,25)(H2,22,23,24,26). The Labute approximate surface area is 161 Å². The van der Waals surface area contributed by atoms with E-state index in [0.29, 0.717) is 16.5 Å². The molecule has 2 aromatic rings. The van der Waals surface area contributed by atoms with E-state index < -0.39 is 6.03 Å². The van der Waals surface area contributed by atoms with Crippen LogP contribution in [-0.2, 0) is 11.2 Å². The molecule has 1 heterocycles. The molecule has 0 spiro atoms. The molecule has 0 aliphatic heterocycles. The van der Waals surface area contributed by atoms with Crippen molar-refractivity contribution in [2.45, 2.75) is 51.0 Å². The monoisotopic (exact) mass is 390 g/mol. The Balaban J connectivity index is 1.46. The zero-order valence-corrected chi connectivity index (χ0v) is 15.8. The Bertz CT molecular complexity index is 770. The van der Waals surface area contributed by atoms with Gasteiger partial charge in [-0.15, -0.1) is 11.3 Å².